The normalized spacial score (nSPS) is 11.4. The van der Waals surface area contributed by atoms with Crippen LogP contribution < -0.4 is 4.74 Å². The molecule has 0 saturated carbocycles. The third-order valence-electron chi connectivity index (χ3n) is 3.95. The van der Waals surface area contributed by atoms with Crippen molar-refractivity contribution in [2.45, 2.75) is 20.5 Å². The summed E-state index contributed by atoms with van der Waals surface area (Å²) in [7, 11) is 0. The Morgan fingerprint density at radius 3 is 2.67 bits per heavy atom. The molecule has 0 bridgehead atoms. The van der Waals surface area contributed by atoms with E-state index in [0.717, 1.165) is 5.56 Å². The number of aryl methyl sites for hydroxylation is 1. The van der Waals surface area contributed by atoms with Gasteiger partial charge in [0.25, 0.3) is 0 Å². The number of carbonyl (C=O) groups is 1. The molecule has 2 aromatic carbocycles. The molecule has 3 rings (SSSR count). The molecule has 1 heterocycles. The minimum Gasteiger partial charge on any atom is -0.484 e. The Labute approximate surface area is 155 Å². The average Bonchev–Trinajstić information content (AvgIpc) is 3.02. The first-order valence-electron chi connectivity index (χ1n) is 8.29. The summed E-state index contributed by atoms with van der Waals surface area (Å²) in [6.07, 6.45) is 1.39. The highest BCUT2D eigenvalue weighted by molar-refractivity contribution is 5.91. The van der Waals surface area contributed by atoms with Crippen LogP contribution in [0, 0.1) is 12.7 Å². The van der Waals surface area contributed by atoms with Gasteiger partial charge in [-0.15, -0.1) is 0 Å². The van der Waals surface area contributed by atoms with Crippen molar-refractivity contribution >= 4 is 12.0 Å². The van der Waals surface area contributed by atoms with E-state index in [-0.39, 0.29) is 17.9 Å². The van der Waals surface area contributed by atoms with Crippen molar-refractivity contribution in [3.8, 4) is 17.2 Å². The molecule has 27 heavy (non-hydrogen) atoms. The van der Waals surface area contributed by atoms with E-state index in [4.69, 9.17) is 14.3 Å². The van der Waals surface area contributed by atoms with Gasteiger partial charge in [-0.1, -0.05) is 24.3 Å². The predicted octanol–water partition coefficient (Wildman–Crippen LogP) is 4.86. The Balaban J connectivity index is 1.73. The van der Waals surface area contributed by atoms with E-state index in [1.54, 1.807) is 13.0 Å². The lowest BCUT2D eigenvalue weighted by Crippen LogP contribution is -2.00. The van der Waals surface area contributed by atoms with Crippen LogP contribution in [0.3, 0.4) is 0 Å². The molecule has 5 nitrogen and oxygen atoms in total. The molecule has 0 saturated heterocycles. The Morgan fingerprint density at radius 1 is 1.26 bits per heavy atom. The second-order valence-corrected chi connectivity index (χ2v) is 6.00. The second kappa shape index (κ2) is 7.86. The number of hydrogen-bond acceptors (Lipinski definition) is 4. The third-order valence-corrected chi connectivity index (χ3v) is 3.95. The number of benzene rings is 2. The molecule has 1 N–H and O–H groups in total. The van der Waals surface area contributed by atoms with Crippen molar-refractivity contribution in [3.63, 3.8) is 0 Å². The summed E-state index contributed by atoms with van der Waals surface area (Å²) in [5.41, 5.74) is 2.00. The molecule has 0 aliphatic heterocycles. The van der Waals surface area contributed by atoms with Gasteiger partial charge in [-0.05, 0) is 49.8 Å². The second-order valence-electron chi connectivity index (χ2n) is 6.00. The molecule has 6 heteroatoms. The fraction of sp³-hybridized carbons (Fsp3) is 0.143. The molecule has 0 aliphatic rings. The maximum absolute atomic E-state index is 14.2. The fourth-order valence-corrected chi connectivity index (χ4v) is 2.45. The van der Waals surface area contributed by atoms with Crippen molar-refractivity contribution in [2.24, 2.45) is 0 Å². The lowest BCUT2D eigenvalue weighted by molar-refractivity contribution is -0.132. The van der Waals surface area contributed by atoms with Crippen molar-refractivity contribution < 1.29 is 23.4 Å². The summed E-state index contributed by atoms with van der Waals surface area (Å²) in [5.74, 6) is -0.482. The van der Waals surface area contributed by atoms with Gasteiger partial charge in [0, 0.05) is 11.1 Å². The highest BCUT2D eigenvalue weighted by Crippen LogP contribution is 2.24. The van der Waals surface area contributed by atoms with Gasteiger partial charge in [0.1, 0.15) is 18.1 Å². The smallest absolute Gasteiger partial charge is 0.331 e. The van der Waals surface area contributed by atoms with Crippen LogP contribution in [0.2, 0.25) is 0 Å². The molecule has 0 aliphatic carbocycles. The summed E-state index contributed by atoms with van der Waals surface area (Å²) in [6.45, 7) is 3.28. The van der Waals surface area contributed by atoms with Gasteiger partial charge in [0.2, 0.25) is 5.89 Å². The molecule has 3 aromatic rings. The lowest BCUT2D eigenvalue weighted by atomic mass is 10.1. The van der Waals surface area contributed by atoms with Crippen LogP contribution in [0.15, 0.2) is 58.5 Å². The first-order valence-corrected chi connectivity index (χ1v) is 8.29. The molecule has 1 aromatic heterocycles. The molecule has 138 valence electrons. The highest BCUT2D eigenvalue weighted by atomic mass is 19.1. The van der Waals surface area contributed by atoms with Crippen LogP contribution >= 0.6 is 0 Å². The van der Waals surface area contributed by atoms with E-state index in [9.17, 15) is 9.18 Å². The predicted molar refractivity (Wildman–Crippen MR) is 98.7 cm³/mol. The molecular weight excluding hydrogens is 349 g/mol. The minimum absolute atomic E-state index is 0.0580. The number of aromatic nitrogens is 1. The quantitative estimate of drug-likeness (QED) is 0.630. The van der Waals surface area contributed by atoms with E-state index < -0.39 is 11.8 Å². The van der Waals surface area contributed by atoms with Crippen LogP contribution in [0.25, 0.3) is 17.5 Å². The summed E-state index contributed by atoms with van der Waals surface area (Å²) >= 11 is 0. The van der Waals surface area contributed by atoms with Crippen LogP contribution in [0.1, 0.15) is 23.9 Å². The minimum atomic E-state index is -1.05. The Bertz CT molecular complexity index is 993. The van der Waals surface area contributed by atoms with E-state index in [2.05, 4.69) is 4.98 Å². The topological polar surface area (TPSA) is 72.6 Å². The number of carboxylic acids is 1. The number of carboxylic acid groups (broad SMARTS) is 1. The molecule has 0 atom stereocenters. The number of rotatable bonds is 6. The molecule has 0 amide bonds. The van der Waals surface area contributed by atoms with Gasteiger partial charge in [-0.3, -0.25) is 0 Å². The summed E-state index contributed by atoms with van der Waals surface area (Å²) in [5, 5.41) is 8.89. The van der Waals surface area contributed by atoms with Crippen LogP contribution in [0.5, 0.6) is 5.75 Å². The van der Waals surface area contributed by atoms with E-state index in [1.165, 1.54) is 25.1 Å². The molecule has 0 radical (unpaired) electrons. The number of halogens is 1. The Hall–Kier alpha value is -3.41. The number of oxazole rings is 1. The van der Waals surface area contributed by atoms with Gasteiger partial charge >= 0.3 is 5.97 Å². The Kier molecular flexibility index (Phi) is 5.35. The SMILES string of the molecule is CC(=Cc1ccc(OCc2nc(-c3ccccc3)oc2C)c(F)c1)C(=O)O. The number of hydrogen-bond donors (Lipinski definition) is 1. The maximum Gasteiger partial charge on any atom is 0.331 e. The number of ether oxygens (including phenoxy) is 1. The van der Waals surface area contributed by atoms with Gasteiger partial charge in [-0.25, -0.2) is 14.2 Å². The summed E-state index contributed by atoms with van der Waals surface area (Å²) in [4.78, 5) is 15.3. The molecule has 0 fully saturated rings. The largest absolute Gasteiger partial charge is 0.484 e. The van der Waals surface area contributed by atoms with Crippen LogP contribution in [0.4, 0.5) is 4.39 Å². The fourth-order valence-electron chi connectivity index (χ4n) is 2.45. The first-order chi connectivity index (χ1) is 12.9. The standard InChI is InChI=1S/C21H18FNO4/c1-13(21(24)25)10-15-8-9-19(17(22)11-15)26-12-18-14(2)27-20(23-18)16-6-4-3-5-7-16/h3-11H,12H2,1-2H3,(H,24,25). The van der Waals surface area contributed by atoms with Gasteiger partial charge in [0.15, 0.2) is 11.6 Å². The third kappa shape index (κ3) is 4.41. The van der Waals surface area contributed by atoms with E-state index in [0.29, 0.717) is 22.9 Å². The zero-order chi connectivity index (χ0) is 19.4. The Morgan fingerprint density at radius 2 is 2.00 bits per heavy atom. The number of aliphatic carboxylic acids is 1. The average molecular weight is 367 g/mol. The molecule has 0 spiro atoms. The van der Waals surface area contributed by atoms with Gasteiger partial charge in [-0.2, -0.15) is 0 Å². The monoisotopic (exact) mass is 367 g/mol. The maximum atomic E-state index is 14.2. The molecular formula is C21H18FNO4. The van der Waals surface area contributed by atoms with Crippen LogP contribution in [-0.2, 0) is 11.4 Å². The summed E-state index contributed by atoms with van der Waals surface area (Å²) in [6, 6.07) is 13.8. The first kappa shape index (κ1) is 18.4. The van der Waals surface area contributed by atoms with Crippen molar-refractivity contribution in [2.75, 3.05) is 0 Å². The zero-order valence-corrected chi connectivity index (χ0v) is 14.9. The zero-order valence-electron chi connectivity index (χ0n) is 14.9. The van der Waals surface area contributed by atoms with Crippen LogP contribution in [-0.4, -0.2) is 16.1 Å². The van der Waals surface area contributed by atoms with Crippen molar-refractivity contribution in [1.82, 2.24) is 4.98 Å². The lowest BCUT2D eigenvalue weighted by Gasteiger charge is -2.07. The van der Waals surface area contributed by atoms with E-state index in [1.807, 2.05) is 30.3 Å². The van der Waals surface area contributed by atoms with Gasteiger partial charge < -0.3 is 14.3 Å². The summed E-state index contributed by atoms with van der Waals surface area (Å²) < 4.78 is 25.4. The highest BCUT2D eigenvalue weighted by Gasteiger charge is 2.13. The molecule has 0 unspecified atom stereocenters. The number of nitrogens with zero attached hydrogens (tertiary/aromatic N) is 1. The van der Waals surface area contributed by atoms with Crippen molar-refractivity contribution in [1.29, 1.82) is 0 Å². The van der Waals surface area contributed by atoms with E-state index >= 15 is 0 Å². The van der Waals surface area contributed by atoms with Gasteiger partial charge in [0.05, 0.1) is 0 Å². The van der Waals surface area contributed by atoms with Crippen molar-refractivity contribution in [3.05, 3.63) is 76.9 Å².